The summed E-state index contributed by atoms with van der Waals surface area (Å²) < 4.78 is 11.2. The maximum Gasteiger partial charge on any atom is 0.293 e. The Morgan fingerprint density at radius 2 is 2.10 bits per heavy atom. The summed E-state index contributed by atoms with van der Waals surface area (Å²) in [5.74, 6) is -0.0922. The summed E-state index contributed by atoms with van der Waals surface area (Å²) in [5, 5.41) is 14.8. The van der Waals surface area contributed by atoms with Gasteiger partial charge in [0.05, 0.1) is 29.9 Å². The zero-order valence-corrected chi connectivity index (χ0v) is 17.4. The molecule has 1 aromatic carbocycles. The van der Waals surface area contributed by atoms with Gasteiger partial charge in [0.15, 0.2) is 6.29 Å². The highest BCUT2D eigenvalue weighted by Crippen LogP contribution is 2.31. The second kappa shape index (κ2) is 9.40. The van der Waals surface area contributed by atoms with Gasteiger partial charge in [-0.15, -0.1) is 0 Å². The molecular formula is C22H26N4O5. The van der Waals surface area contributed by atoms with Crippen LogP contribution >= 0.6 is 0 Å². The van der Waals surface area contributed by atoms with Crippen LogP contribution in [-0.4, -0.2) is 53.3 Å². The number of nitro benzene ring substituents is 1. The number of anilines is 1. The molecule has 0 spiro atoms. The van der Waals surface area contributed by atoms with Crippen LogP contribution in [0.2, 0.25) is 0 Å². The predicted octanol–water partition coefficient (Wildman–Crippen LogP) is 3.39. The van der Waals surface area contributed by atoms with Gasteiger partial charge in [-0.1, -0.05) is 6.07 Å². The number of nitro groups is 1. The summed E-state index contributed by atoms with van der Waals surface area (Å²) in [6.45, 7) is 4.17. The fourth-order valence-corrected chi connectivity index (χ4v) is 4.13. The van der Waals surface area contributed by atoms with Crippen LogP contribution in [0.15, 0.2) is 42.6 Å². The van der Waals surface area contributed by atoms with Gasteiger partial charge >= 0.3 is 0 Å². The highest BCUT2D eigenvalue weighted by molar-refractivity contribution is 5.95. The van der Waals surface area contributed by atoms with Gasteiger partial charge in [-0.05, 0) is 44.0 Å². The molecule has 2 atom stereocenters. The number of carbonyl (C=O) groups is 1. The number of nitrogens with one attached hydrogen (secondary N) is 1. The minimum atomic E-state index is -0.469. The number of ether oxygens (including phenoxy) is 2. The maximum atomic E-state index is 13.1. The molecule has 2 aliphatic heterocycles. The fourth-order valence-electron chi connectivity index (χ4n) is 4.13. The molecule has 2 fully saturated rings. The van der Waals surface area contributed by atoms with Gasteiger partial charge in [-0.25, -0.2) is 0 Å². The number of hydrogen-bond donors (Lipinski definition) is 1. The number of likely N-dealkylation sites (tertiary alicyclic amines) is 1. The predicted molar refractivity (Wildman–Crippen MR) is 114 cm³/mol. The lowest BCUT2D eigenvalue weighted by atomic mass is 9.96. The van der Waals surface area contributed by atoms with Crippen LogP contribution in [-0.2, 0) is 9.47 Å². The molecule has 1 amide bonds. The normalized spacial score (nSPS) is 20.4. The number of hydrogen-bond acceptors (Lipinski definition) is 7. The number of rotatable bonds is 6. The fraction of sp³-hybridized carbons (Fsp3) is 0.455. The molecule has 2 unspecified atom stereocenters. The number of carbonyl (C=O) groups excluding carboxylic acids is 1. The molecule has 0 aliphatic carbocycles. The highest BCUT2D eigenvalue weighted by atomic mass is 16.7. The van der Waals surface area contributed by atoms with E-state index in [0.717, 1.165) is 18.5 Å². The summed E-state index contributed by atoms with van der Waals surface area (Å²) in [5.41, 5.74) is 1.29. The molecule has 4 rings (SSSR count). The first-order chi connectivity index (χ1) is 15.0. The lowest BCUT2D eigenvalue weighted by molar-refractivity contribution is -0.384. The van der Waals surface area contributed by atoms with Crippen LogP contribution < -0.4 is 5.32 Å². The van der Waals surface area contributed by atoms with Crippen molar-refractivity contribution in [3.05, 3.63) is 64.0 Å². The van der Waals surface area contributed by atoms with E-state index in [0.29, 0.717) is 37.6 Å². The van der Waals surface area contributed by atoms with Crippen LogP contribution in [0.1, 0.15) is 41.9 Å². The lowest BCUT2D eigenvalue weighted by Gasteiger charge is -2.34. The first-order valence-corrected chi connectivity index (χ1v) is 10.5. The van der Waals surface area contributed by atoms with Crippen LogP contribution in [0.4, 0.5) is 11.4 Å². The topological polar surface area (TPSA) is 107 Å². The molecule has 2 aliphatic rings. The number of amides is 1. The molecule has 2 saturated heterocycles. The second-order valence-corrected chi connectivity index (χ2v) is 7.87. The van der Waals surface area contributed by atoms with Crippen molar-refractivity contribution in [2.24, 2.45) is 5.92 Å². The first-order valence-electron chi connectivity index (χ1n) is 10.5. The number of aromatic nitrogens is 1. The molecule has 1 aromatic heterocycles. The van der Waals surface area contributed by atoms with Gasteiger partial charge in [0, 0.05) is 36.8 Å². The molecule has 9 heteroatoms. The van der Waals surface area contributed by atoms with Crippen LogP contribution in [0.3, 0.4) is 0 Å². The van der Waals surface area contributed by atoms with Gasteiger partial charge in [0.25, 0.3) is 11.6 Å². The monoisotopic (exact) mass is 426 g/mol. The average molecular weight is 426 g/mol. The van der Waals surface area contributed by atoms with Crippen molar-refractivity contribution in [2.45, 2.75) is 32.1 Å². The number of pyridine rings is 1. The number of nitrogens with zero attached hydrogens (tertiary/aromatic N) is 3. The zero-order valence-electron chi connectivity index (χ0n) is 17.4. The Labute approximate surface area is 180 Å². The van der Waals surface area contributed by atoms with Gasteiger partial charge in [0.1, 0.15) is 5.69 Å². The summed E-state index contributed by atoms with van der Waals surface area (Å²) in [4.78, 5) is 30.3. The molecule has 1 N–H and O–H groups in total. The standard InChI is InChI=1S/C22H26N4O5/c1-15(18-6-2-3-9-23-18)24-19-8-7-16(13-20(19)26(28)29)21(27)25-10-4-5-17(14-25)22-30-11-12-31-22/h2-3,6-9,13,15,17,22,24H,4-5,10-12,14H2,1H3. The lowest BCUT2D eigenvalue weighted by Crippen LogP contribution is -2.43. The molecule has 0 radical (unpaired) electrons. The zero-order chi connectivity index (χ0) is 21.8. The second-order valence-electron chi connectivity index (χ2n) is 7.87. The largest absolute Gasteiger partial charge is 0.371 e. The van der Waals surface area contributed by atoms with Crippen molar-refractivity contribution in [3.63, 3.8) is 0 Å². The van der Waals surface area contributed by atoms with E-state index >= 15 is 0 Å². The Morgan fingerprint density at radius 3 is 2.81 bits per heavy atom. The van der Waals surface area contributed by atoms with E-state index in [1.807, 2.05) is 25.1 Å². The summed E-state index contributed by atoms with van der Waals surface area (Å²) in [7, 11) is 0. The minimum absolute atomic E-state index is 0.121. The SMILES string of the molecule is CC(Nc1ccc(C(=O)N2CCCC(C3OCCO3)C2)cc1[N+](=O)[O-])c1ccccn1. The molecule has 0 bridgehead atoms. The summed E-state index contributed by atoms with van der Waals surface area (Å²) in [6.07, 6.45) is 3.19. The van der Waals surface area contributed by atoms with Crippen molar-refractivity contribution in [1.82, 2.24) is 9.88 Å². The van der Waals surface area contributed by atoms with Crippen molar-refractivity contribution < 1.29 is 19.2 Å². The number of piperidine rings is 1. The third kappa shape index (κ3) is 4.83. The van der Waals surface area contributed by atoms with Gasteiger partial charge < -0.3 is 19.7 Å². The van der Waals surface area contributed by atoms with Gasteiger partial charge in [0.2, 0.25) is 0 Å². The first kappa shape index (κ1) is 21.2. The van der Waals surface area contributed by atoms with Crippen LogP contribution in [0.5, 0.6) is 0 Å². The van der Waals surface area contributed by atoms with Gasteiger partial charge in [-0.2, -0.15) is 0 Å². The van der Waals surface area contributed by atoms with E-state index < -0.39 is 4.92 Å². The van der Waals surface area contributed by atoms with E-state index in [4.69, 9.17) is 9.47 Å². The highest BCUT2D eigenvalue weighted by Gasteiger charge is 2.33. The van der Waals surface area contributed by atoms with Crippen molar-refractivity contribution >= 4 is 17.3 Å². The van der Waals surface area contributed by atoms with E-state index in [9.17, 15) is 14.9 Å². The molecule has 9 nitrogen and oxygen atoms in total. The summed E-state index contributed by atoms with van der Waals surface area (Å²) >= 11 is 0. The molecule has 0 saturated carbocycles. The van der Waals surface area contributed by atoms with Crippen LogP contribution in [0.25, 0.3) is 0 Å². The Morgan fingerprint density at radius 1 is 1.29 bits per heavy atom. The molecule has 164 valence electrons. The molecule has 2 aromatic rings. The summed E-state index contributed by atoms with van der Waals surface area (Å²) in [6, 6.07) is 9.88. The Balaban J connectivity index is 1.50. The number of benzene rings is 1. The van der Waals surface area contributed by atoms with E-state index in [2.05, 4.69) is 10.3 Å². The van der Waals surface area contributed by atoms with E-state index in [-0.39, 0.29) is 29.8 Å². The van der Waals surface area contributed by atoms with Gasteiger partial charge in [-0.3, -0.25) is 19.9 Å². The third-order valence-electron chi connectivity index (χ3n) is 5.72. The Bertz CT molecular complexity index is 933. The van der Waals surface area contributed by atoms with Crippen molar-refractivity contribution in [2.75, 3.05) is 31.6 Å². The van der Waals surface area contributed by atoms with E-state index in [1.165, 1.54) is 6.07 Å². The van der Waals surface area contributed by atoms with E-state index in [1.54, 1.807) is 23.2 Å². The third-order valence-corrected chi connectivity index (χ3v) is 5.72. The smallest absolute Gasteiger partial charge is 0.293 e. The molecule has 3 heterocycles. The van der Waals surface area contributed by atoms with Crippen molar-refractivity contribution in [3.8, 4) is 0 Å². The minimum Gasteiger partial charge on any atom is -0.371 e. The molecular weight excluding hydrogens is 400 g/mol. The maximum absolute atomic E-state index is 13.1. The van der Waals surface area contributed by atoms with Crippen molar-refractivity contribution in [1.29, 1.82) is 0 Å². The average Bonchev–Trinajstić information content (AvgIpc) is 3.34. The Hall–Kier alpha value is -3.04. The van der Waals surface area contributed by atoms with Crippen LogP contribution in [0, 0.1) is 16.0 Å². The molecule has 31 heavy (non-hydrogen) atoms. The quantitative estimate of drug-likeness (QED) is 0.557. The Kier molecular flexibility index (Phi) is 6.43.